The fraction of sp³-hybridized carbons (Fsp3) is 0.846. The van der Waals surface area contributed by atoms with Gasteiger partial charge in [0.25, 0.3) is 0 Å². The van der Waals surface area contributed by atoms with Gasteiger partial charge >= 0.3 is 11.9 Å². The van der Waals surface area contributed by atoms with Crippen LogP contribution in [0.2, 0.25) is 0 Å². The normalized spacial score (nSPS) is 21.2. The van der Waals surface area contributed by atoms with Crippen LogP contribution in [0.3, 0.4) is 0 Å². The Morgan fingerprint density at radius 2 is 1.40 bits per heavy atom. The van der Waals surface area contributed by atoms with Crippen LogP contribution in [0, 0.1) is 17.8 Å². The average Bonchev–Trinajstić information content (AvgIpc) is 3.31. The first-order valence-electron chi connectivity index (χ1n) is 19.0. The lowest BCUT2D eigenvalue weighted by atomic mass is 9.89. The minimum atomic E-state index is -0.848. The summed E-state index contributed by atoms with van der Waals surface area (Å²) in [6.45, 7) is 6.14. The van der Waals surface area contributed by atoms with Gasteiger partial charge in [0.2, 0.25) is 0 Å². The number of aliphatic hydroxyl groups is 4. The molecule has 0 amide bonds. The summed E-state index contributed by atoms with van der Waals surface area (Å²) in [7, 11) is 0. The second-order valence-corrected chi connectivity index (χ2v) is 14.1. The zero-order chi connectivity index (χ0) is 34.7. The molecule has 0 aliphatic heterocycles. The van der Waals surface area contributed by atoms with Crippen molar-refractivity contribution in [2.45, 2.75) is 180 Å². The van der Waals surface area contributed by atoms with Crippen molar-refractivity contribution in [1.82, 2.24) is 0 Å². The summed E-state index contributed by atoms with van der Waals surface area (Å²) < 4.78 is 10.5. The highest BCUT2D eigenvalue weighted by atomic mass is 16.6. The molecule has 0 radical (unpaired) electrons. The molecule has 0 saturated heterocycles. The monoisotopic (exact) mass is 667 g/mol. The third-order valence-electron chi connectivity index (χ3n) is 9.25. The van der Waals surface area contributed by atoms with E-state index in [9.17, 15) is 30.0 Å². The molecule has 1 rings (SSSR count). The average molecular weight is 667 g/mol. The van der Waals surface area contributed by atoms with Crippen molar-refractivity contribution in [1.29, 1.82) is 0 Å². The van der Waals surface area contributed by atoms with E-state index in [1.807, 2.05) is 18.2 Å². The number of rotatable bonds is 29. The number of carbonyl (C=O) groups is 2. The zero-order valence-corrected chi connectivity index (χ0v) is 30.0. The van der Waals surface area contributed by atoms with Crippen molar-refractivity contribution in [3.63, 3.8) is 0 Å². The van der Waals surface area contributed by atoms with Gasteiger partial charge in [-0.2, -0.15) is 0 Å². The Morgan fingerprint density at radius 1 is 0.787 bits per heavy atom. The second-order valence-electron chi connectivity index (χ2n) is 14.1. The van der Waals surface area contributed by atoms with Crippen molar-refractivity contribution in [3.8, 4) is 0 Å². The highest BCUT2D eigenvalue weighted by Crippen LogP contribution is 2.36. The van der Waals surface area contributed by atoms with Crippen molar-refractivity contribution >= 4 is 11.9 Å². The van der Waals surface area contributed by atoms with Crippen LogP contribution in [-0.4, -0.2) is 70.0 Å². The maximum absolute atomic E-state index is 12.2. The van der Waals surface area contributed by atoms with E-state index >= 15 is 0 Å². The van der Waals surface area contributed by atoms with Crippen molar-refractivity contribution in [2.24, 2.45) is 17.8 Å². The molecule has 1 aliphatic carbocycles. The Morgan fingerprint density at radius 3 is 2.04 bits per heavy atom. The van der Waals surface area contributed by atoms with Crippen molar-refractivity contribution in [3.05, 3.63) is 24.3 Å². The lowest BCUT2D eigenvalue weighted by molar-refractivity contribution is -0.161. The van der Waals surface area contributed by atoms with Crippen LogP contribution in [0.4, 0.5) is 0 Å². The van der Waals surface area contributed by atoms with Gasteiger partial charge < -0.3 is 29.9 Å². The number of hydrogen-bond donors (Lipinski definition) is 4. The van der Waals surface area contributed by atoms with Crippen LogP contribution in [0.1, 0.15) is 156 Å². The van der Waals surface area contributed by atoms with Gasteiger partial charge in [0.1, 0.15) is 6.61 Å². The lowest BCUT2D eigenvalue weighted by Crippen LogP contribution is -2.28. The third-order valence-corrected chi connectivity index (χ3v) is 9.25. The molecule has 8 nitrogen and oxygen atoms in total. The molecular formula is C39H70O8. The lowest BCUT2D eigenvalue weighted by Gasteiger charge is -2.19. The van der Waals surface area contributed by atoms with Gasteiger partial charge in [-0.05, 0) is 43.9 Å². The summed E-state index contributed by atoms with van der Waals surface area (Å²) in [6, 6.07) is 0. The zero-order valence-electron chi connectivity index (χ0n) is 30.0. The molecule has 0 heterocycles. The SMILES string of the molecule is CCCCC[C@H](O)/C=C/[C@@H]1[C@@H](C/C=C/CCCC(=O)OC[C@H](CO)OC(=O)CCCCCCCCCCCCC(C)C)[C@@H](O)C[C@H]1O. The van der Waals surface area contributed by atoms with Crippen LogP contribution in [0.5, 0.6) is 0 Å². The van der Waals surface area contributed by atoms with Crippen molar-refractivity contribution < 1.29 is 39.5 Å². The molecule has 4 N–H and O–H groups in total. The maximum atomic E-state index is 12.2. The van der Waals surface area contributed by atoms with Crippen LogP contribution in [-0.2, 0) is 19.1 Å². The summed E-state index contributed by atoms with van der Waals surface area (Å²) in [5, 5.41) is 40.6. The third kappa shape index (κ3) is 22.5. The van der Waals surface area contributed by atoms with E-state index in [1.165, 1.54) is 51.4 Å². The summed E-state index contributed by atoms with van der Waals surface area (Å²) in [5.74, 6) is -0.282. The maximum Gasteiger partial charge on any atom is 0.306 e. The Hall–Kier alpha value is -1.74. The van der Waals surface area contributed by atoms with Gasteiger partial charge in [-0.25, -0.2) is 0 Å². The van der Waals surface area contributed by atoms with Gasteiger partial charge in [0.05, 0.1) is 24.9 Å². The van der Waals surface area contributed by atoms with Crippen LogP contribution in [0.15, 0.2) is 24.3 Å². The van der Waals surface area contributed by atoms with E-state index in [0.717, 1.165) is 44.4 Å². The minimum Gasteiger partial charge on any atom is -0.462 e. The molecule has 0 aromatic rings. The molecule has 1 aliphatic rings. The fourth-order valence-corrected chi connectivity index (χ4v) is 6.26. The number of aliphatic hydroxyl groups excluding tert-OH is 4. The van der Waals surface area contributed by atoms with Gasteiger partial charge in [-0.1, -0.05) is 129 Å². The second kappa shape index (κ2) is 28.1. The predicted octanol–water partition coefficient (Wildman–Crippen LogP) is 7.74. The van der Waals surface area contributed by atoms with Gasteiger partial charge in [0, 0.05) is 25.2 Å². The Bertz CT molecular complexity index is 841. The Balaban J connectivity index is 2.15. The summed E-state index contributed by atoms with van der Waals surface area (Å²) in [5.41, 5.74) is 0. The number of ether oxygens (including phenoxy) is 2. The van der Waals surface area contributed by atoms with Gasteiger partial charge in [-0.3, -0.25) is 9.59 Å². The molecule has 6 atom stereocenters. The summed E-state index contributed by atoms with van der Waals surface area (Å²) in [4.78, 5) is 24.3. The number of carbonyl (C=O) groups excluding carboxylic acids is 2. The molecular weight excluding hydrogens is 596 g/mol. The van der Waals surface area contributed by atoms with Crippen LogP contribution < -0.4 is 0 Å². The van der Waals surface area contributed by atoms with E-state index < -0.39 is 37.0 Å². The standard InChI is InChI=1S/C39H70O8/c1-4-5-16-22-32(41)26-27-35-34(36(42)28-37(35)43)23-18-14-15-19-24-38(44)46-30-33(29-40)47-39(45)25-20-13-11-9-7-6-8-10-12-17-21-31(2)3/h14,18,26-27,31-37,40-43H,4-13,15-17,19-25,28-30H2,1-3H3/b18-14+,27-26+/t32-,33-,34+,35+,36-,37+/m0/s1. The fourth-order valence-electron chi connectivity index (χ4n) is 6.26. The van der Waals surface area contributed by atoms with Gasteiger partial charge in [0.15, 0.2) is 6.10 Å². The topological polar surface area (TPSA) is 134 Å². The van der Waals surface area contributed by atoms with Gasteiger partial charge in [-0.15, -0.1) is 0 Å². The highest BCUT2D eigenvalue weighted by Gasteiger charge is 2.39. The first-order chi connectivity index (χ1) is 22.7. The Kier molecular flexibility index (Phi) is 25.9. The smallest absolute Gasteiger partial charge is 0.306 e. The van der Waals surface area contributed by atoms with E-state index in [4.69, 9.17) is 9.47 Å². The number of esters is 2. The molecule has 0 spiro atoms. The molecule has 8 heteroatoms. The quantitative estimate of drug-likeness (QED) is 0.0362. The first kappa shape index (κ1) is 43.3. The molecule has 0 bridgehead atoms. The van der Waals surface area contributed by atoms with E-state index in [1.54, 1.807) is 6.08 Å². The molecule has 1 fully saturated rings. The first-order valence-corrected chi connectivity index (χ1v) is 19.0. The van der Waals surface area contributed by atoms with E-state index in [0.29, 0.717) is 38.5 Å². The molecule has 0 aromatic carbocycles. The molecule has 1 saturated carbocycles. The summed E-state index contributed by atoms with van der Waals surface area (Å²) >= 11 is 0. The molecule has 0 aromatic heterocycles. The predicted molar refractivity (Wildman–Crippen MR) is 189 cm³/mol. The number of hydrogen-bond acceptors (Lipinski definition) is 8. The molecule has 274 valence electrons. The number of unbranched alkanes of at least 4 members (excludes halogenated alkanes) is 12. The van der Waals surface area contributed by atoms with E-state index in [-0.39, 0.29) is 30.8 Å². The van der Waals surface area contributed by atoms with Crippen LogP contribution >= 0.6 is 0 Å². The van der Waals surface area contributed by atoms with E-state index in [2.05, 4.69) is 20.8 Å². The van der Waals surface area contributed by atoms with Crippen LogP contribution in [0.25, 0.3) is 0 Å². The molecule has 0 unspecified atom stereocenters. The number of allylic oxidation sites excluding steroid dienone is 2. The summed E-state index contributed by atoms with van der Waals surface area (Å²) in [6.07, 6.45) is 24.8. The molecule has 47 heavy (non-hydrogen) atoms. The Labute approximate surface area is 286 Å². The van der Waals surface area contributed by atoms with Crippen molar-refractivity contribution in [2.75, 3.05) is 13.2 Å². The minimum absolute atomic E-state index is 0.118. The highest BCUT2D eigenvalue weighted by molar-refractivity contribution is 5.70. The largest absolute Gasteiger partial charge is 0.462 e.